The van der Waals surface area contributed by atoms with Gasteiger partial charge in [-0.2, -0.15) is 0 Å². The third kappa shape index (κ3) is 3.07. The van der Waals surface area contributed by atoms with Gasteiger partial charge in [-0.05, 0) is 38.0 Å². The number of nitrogens with two attached hydrogens (primary N) is 1. The lowest BCUT2D eigenvalue weighted by atomic mass is 10.1. The number of thiazole rings is 1. The first-order valence-corrected chi connectivity index (χ1v) is 8.41. The first-order chi connectivity index (χ1) is 11.0. The second kappa shape index (κ2) is 6.04. The number of hydrogen-bond acceptors (Lipinski definition) is 4. The second-order valence-electron chi connectivity index (χ2n) is 5.81. The van der Waals surface area contributed by atoms with Gasteiger partial charge >= 0.3 is 0 Å². The zero-order chi connectivity index (χ0) is 16.6. The van der Waals surface area contributed by atoms with Gasteiger partial charge in [0.1, 0.15) is 5.69 Å². The van der Waals surface area contributed by atoms with Crippen LogP contribution in [0.4, 0.5) is 5.13 Å². The number of benzene rings is 1. The number of carbonyl (C=O) groups excluding carboxylic acids is 1. The Morgan fingerprint density at radius 1 is 1.35 bits per heavy atom. The molecule has 23 heavy (non-hydrogen) atoms. The number of carbonyl (C=O) groups is 1. The Bertz CT molecular complexity index is 878. The van der Waals surface area contributed by atoms with Crippen molar-refractivity contribution in [3.05, 3.63) is 45.6 Å². The van der Waals surface area contributed by atoms with E-state index >= 15 is 0 Å². The van der Waals surface area contributed by atoms with Crippen molar-refractivity contribution in [2.75, 3.05) is 12.3 Å². The smallest absolute Gasteiger partial charge is 0.268 e. The van der Waals surface area contributed by atoms with Crippen LogP contribution in [0.1, 0.15) is 32.9 Å². The molecule has 0 aliphatic heterocycles. The number of H-pyrrole nitrogens is 1. The maximum Gasteiger partial charge on any atom is 0.268 e. The van der Waals surface area contributed by atoms with Crippen LogP contribution >= 0.6 is 11.3 Å². The molecule has 1 aromatic carbocycles. The molecule has 0 aliphatic carbocycles. The highest BCUT2D eigenvalue weighted by molar-refractivity contribution is 7.13. The molecule has 2 heterocycles. The molecule has 1 amide bonds. The van der Waals surface area contributed by atoms with Crippen LogP contribution in [-0.2, 0) is 6.42 Å². The van der Waals surface area contributed by atoms with E-state index in [-0.39, 0.29) is 5.91 Å². The molecule has 0 saturated heterocycles. The number of nitrogens with one attached hydrogen (secondary N) is 2. The van der Waals surface area contributed by atoms with Crippen molar-refractivity contribution in [3.8, 4) is 0 Å². The molecular formula is C17H20N4OS. The molecule has 0 spiro atoms. The minimum atomic E-state index is -0.0843. The maximum atomic E-state index is 12.4. The van der Waals surface area contributed by atoms with E-state index in [4.69, 9.17) is 5.73 Å². The van der Waals surface area contributed by atoms with Crippen LogP contribution in [-0.4, -0.2) is 22.4 Å². The Kier molecular flexibility index (Phi) is 4.09. The Balaban J connectivity index is 1.75. The Hall–Kier alpha value is -2.34. The van der Waals surface area contributed by atoms with Gasteiger partial charge in [0.15, 0.2) is 5.13 Å². The van der Waals surface area contributed by atoms with Crippen LogP contribution in [0.3, 0.4) is 0 Å². The van der Waals surface area contributed by atoms with Crippen molar-refractivity contribution in [1.29, 1.82) is 0 Å². The van der Waals surface area contributed by atoms with Gasteiger partial charge < -0.3 is 16.0 Å². The molecule has 0 fully saturated rings. The predicted octanol–water partition coefficient (Wildman–Crippen LogP) is 3.10. The topological polar surface area (TPSA) is 83.8 Å². The number of aryl methyl sites for hydroxylation is 3. The molecular weight excluding hydrogens is 308 g/mol. The number of aromatic nitrogens is 2. The zero-order valence-electron chi connectivity index (χ0n) is 13.5. The van der Waals surface area contributed by atoms with Gasteiger partial charge in [-0.1, -0.05) is 11.6 Å². The van der Waals surface area contributed by atoms with Crippen LogP contribution in [0.2, 0.25) is 0 Å². The molecule has 0 radical (unpaired) electrons. The summed E-state index contributed by atoms with van der Waals surface area (Å²) in [6.07, 6.45) is 0.677. The van der Waals surface area contributed by atoms with Crippen molar-refractivity contribution in [3.63, 3.8) is 0 Å². The minimum Gasteiger partial charge on any atom is -0.375 e. The van der Waals surface area contributed by atoms with E-state index in [1.165, 1.54) is 16.9 Å². The number of hydrogen-bond donors (Lipinski definition) is 3. The summed E-state index contributed by atoms with van der Waals surface area (Å²) in [5.74, 6) is -0.0843. The lowest BCUT2D eigenvalue weighted by molar-refractivity contribution is 0.0949. The molecule has 0 atom stereocenters. The number of rotatable bonds is 4. The summed E-state index contributed by atoms with van der Waals surface area (Å²) >= 11 is 1.42. The van der Waals surface area contributed by atoms with E-state index in [9.17, 15) is 4.79 Å². The van der Waals surface area contributed by atoms with Gasteiger partial charge in [0.25, 0.3) is 5.91 Å². The fourth-order valence-electron chi connectivity index (χ4n) is 2.84. The first-order valence-electron chi connectivity index (χ1n) is 7.53. The van der Waals surface area contributed by atoms with E-state index in [0.717, 1.165) is 27.7 Å². The normalized spacial score (nSPS) is 11.1. The summed E-state index contributed by atoms with van der Waals surface area (Å²) in [5, 5.41) is 6.53. The van der Waals surface area contributed by atoms with Gasteiger partial charge in [-0.3, -0.25) is 4.79 Å². The summed E-state index contributed by atoms with van der Waals surface area (Å²) in [4.78, 5) is 19.9. The molecule has 6 heteroatoms. The monoisotopic (exact) mass is 328 g/mol. The largest absolute Gasteiger partial charge is 0.375 e. The van der Waals surface area contributed by atoms with E-state index in [2.05, 4.69) is 41.3 Å². The zero-order valence-corrected chi connectivity index (χ0v) is 14.3. The Labute approximate surface area is 138 Å². The van der Waals surface area contributed by atoms with E-state index in [1.807, 2.05) is 12.3 Å². The van der Waals surface area contributed by atoms with Crippen molar-refractivity contribution < 1.29 is 4.79 Å². The SMILES string of the molecule is Cc1cc(C)c2[nH]c(C(=O)NCCc3csc(N)n3)c(C)c2c1. The Morgan fingerprint density at radius 3 is 2.83 bits per heavy atom. The third-order valence-electron chi connectivity index (χ3n) is 3.97. The summed E-state index contributed by atoms with van der Waals surface area (Å²) < 4.78 is 0. The number of amides is 1. The number of fused-ring (bicyclic) bond motifs is 1. The van der Waals surface area contributed by atoms with Crippen molar-refractivity contribution in [2.24, 2.45) is 0 Å². The lowest BCUT2D eigenvalue weighted by Gasteiger charge is -2.03. The van der Waals surface area contributed by atoms with Crippen molar-refractivity contribution >= 4 is 33.3 Å². The molecule has 120 valence electrons. The number of nitrogens with zero attached hydrogens (tertiary/aromatic N) is 1. The molecule has 2 aromatic heterocycles. The van der Waals surface area contributed by atoms with Crippen LogP contribution < -0.4 is 11.1 Å². The Morgan fingerprint density at radius 2 is 2.13 bits per heavy atom. The quantitative estimate of drug-likeness (QED) is 0.688. The van der Waals surface area contributed by atoms with Gasteiger partial charge in [0.2, 0.25) is 0 Å². The highest BCUT2D eigenvalue weighted by Crippen LogP contribution is 2.25. The second-order valence-corrected chi connectivity index (χ2v) is 6.70. The summed E-state index contributed by atoms with van der Waals surface area (Å²) in [6, 6.07) is 4.23. The molecule has 0 saturated carbocycles. The van der Waals surface area contributed by atoms with Crippen LogP contribution in [0.15, 0.2) is 17.5 Å². The first kappa shape index (κ1) is 15.6. The molecule has 0 bridgehead atoms. The average molecular weight is 328 g/mol. The number of aromatic amines is 1. The summed E-state index contributed by atoms with van der Waals surface area (Å²) in [5.41, 5.74) is 11.5. The molecule has 3 rings (SSSR count). The average Bonchev–Trinajstić information content (AvgIpc) is 3.04. The fraction of sp³-hybridized carbons (Fsp3) is 0.294. The third-order valence-corrected chi connectivity index (χ3v) is 4.69. The highest BCUT2D eigenvalue weighted by atomic mass is 32.1. The van der Waals surface area contributed by atoms with Crippen molar-refractivity contribution in [2.45, 2.75) is 27.2 Å². The van der Waals surface area contributed by atoms with Gasteiger partial charge in [-0.15, -0.1) is 11.3 Å². The van der Waals surface area contributed by atoms with Gasteiger partial charge in [0.05, 0.1) is 5.69 Å². The number of anilines is 1. The van der Waals surface area contributed by atoms with E-state index in [1.54, 1.807) is 0 Å². The predicted molar refractivity (Wildman–Crippen MR) is 95.1 cm³/mol. The molecule has 5 nitrogen and oxygen atoms in total. The lowest BCUT2D eigenvalue weighted by Crippen LogP contribution is -2.26. The summed E-state index contributed by atoms with van der Waals surface area (Å²) in [7, 11) is 0. The van der Waals surface area contributed by atoms with Crippen LogP contribution in [0, 0.1) is 20.8 Å². The highest BCUT2D eigenvalue weighted by Gasteiger charge is 2.15. The minimum absolute atomic E-state index is 0.0843. The van der Waals surface area contributed by atoms with Crippen molar-refractivity contribution in [1.82, 2.24) is 15.3 Å². The number of nitrogen functional groups attached to an aromatic ring is 1. The molecule has 0 unspecified atom stereocenters. The van der Waals surface area contributed by atoms with Gasteiger partial charge in [0, 0.05) is 29.2 Å². The van der Waals surface area contributed by atoms with Gasteiger partial charge in [-0.25, -0.2) is 4.98 Å². The standard InChI is InChI=1S/C17H20N4OS/c1-9-6-10(2)14-13(7-9)11(3)15(21-14)16(22)19-5-4-12-8-23-17(18)20-12/h6-8,21H,4-5H2,1-3H3,(H2,18,20)(H,19,22). The molecule has 0 aliphatic rings. The van der Waals surface area contributed by atoms with E-state index < -0.39 is 0 Å². The summed E-state index contributed by atoms with van der Waals surface area (Å²) in [6.45, 7) is 6.64. The van der Waals surface area contributed by atoms with E-state index in [0.29, 0.717) is 23.8 Å². The maximum absolute atomic E-state index is 12.4. The van der Waals surface area contributed by atoms with Crippen LogP contribution in [0.25, 0.3) is 10.9 Å². The fourth-order valence-corrected chi connectivity index (χ4v) is 3.44. The van der Waals surface area contributed by atoms with Crippen LogP contribution in [0.5, 0.6) is 0 Å². The molecule has 3 aromatic rings. The molecule has 4 N–H and O–H groups in total.